The van der Waals surface area contributed by atoms with Crippen LogP contribution in [0.1, 0.15) is 11.1 Å². The Labute approximate surface area is 132 Å². The lowest BCUT2D eigenvalue weighted by Crippen LogP contribution is -2.24. The normalized spacial score (nSPS) is 10.4. The number of nitrogens with zero attached hydrogens (tertiary/aromatic N) is 2. The van der Waals surface area contributed by atoms with Gasteiger partial charge in [0.1, 0.15) is 5.75 Å². The lowest BCUT2D eigenvalue weighted by atomic mass is 10.1. The Morgan fingerprint density at radius 1 is 1.04 bits per heavy atom. The standard InChI is InChI=1S/C17H15N3O3/c21-15-7-3-12(4-8-15)9-16(22)18-10-13-1-5-14(6-2-13)17-19-11-23-20-17/h1-8,11,21H,9-10H2,(H,18,22). The molecule has 3 aromatic rings. The van der Waals surface area contributed by atoms with Crippen LogP contribution in [0.4, 0.5) is 0 Å². The van der Waals surface area contributed by atoms with Gasteiger partial charge in [-0.05, 0) is 23.3 Å². The SMILES string of the molecule is O=C(Cc1ccc(O)cc1)NCc1ccc(-c2ncon2)cc1. The highest BCUT2D eigenvalue weighted by Crippen LogP contribution is 2.15. The third kappa shape index (κ3) is 3.94. The molecule has 0 spiro atoms. The number of nitrogens with one attached hydrogen (secondary N) is 1. The molecule has 6 heteroatoms. The molecule has 0 bridgehead atoms. The summed E-state index contributed by atoms with van der Waals surface area (Å²) in [6.07, 6.45) is 1.56. The number of hydrogen-bond acceptors (Lipinski definition) is 5. The van der Waals surface area contributed by atoms with Crippen LogP contribution in [-0.4, -0.2) is 21.2 Å². The first-order valence-corrected chi connectivity index (χ1v) is 7.11. The van der Waals surface area contributed by atoms with E-state index in [1.165, 1.54) is 6.39 Å². The fourth-order valence-electron chi connectivity index (χ4n) is 2.13. The van der Waals surface area contributed by atoms with Crippen LogP contribution < -0.4 is 5.32 Å². The fourth-order valence-corrected chi connectivity index (χ4v) is 2.13. The summed E-state index contributed by atoms with van der Waals surface area (Å²) in [5.74, 6) is 0.654. The maximum absolute atomic E-state index is 11.9. The number of carbonyl (C=O) groups excluding carboxylic acids is 1. The first-order chi connectivity index (χ1) is 11.2. The van der Waals surface area contributed by atoms with Gasteiger partial charge < -0.3 is 14.9 Å². The number of benzene rings is 2. The summed E-state index contributed by atoms with van der Waals surface area (Å²) in [5.41, 5.74) is 2.70. The van der Waals surface area contributed by atoms with Gasteiger partial charge in [0.2, 0.25) is 18.1 Å². The summed E-state index contributed by atoms with van der Waals surface area (Å²) in [4.78, 5) is 15.9. The van der Waals surface area contributed by atoms with E-state index in [0.29, 0.717) is 12.4 Å². The van der Waals surface area contributed by atoms with Crippen molar-refractivity contribution in [2.24, 2.45) is 0 Å². The Morgan fingerprint density at radius 2 is 1.74 bits per heavy atom. The van der Waals surface area contributed by atoms with Crippen molar-refractivity contribution >= 4 is 5.91 Å². The van der Waals surface area contributed by atoms with E-state index in [-0.39, 0.29) is 18.1 Å². The van der Waals surface area contributed by atoms with Gasteiger partial charge in [-0.15, -0.1) is 0 Å². The number of amides is 1. The summed E-state index contributed by atoms with van der Waals surface area (Å²) < 4.78 is 4.71. The fraction of sp³-hybridized carbons (Fsp3) is 0.118. The molecule has 1 aromatic heterocycles. The Hall–Kier alpha value is -3.15. The minimum absolute atomic E-state index is 0.0714. The van der Waals surface area contributed by atoms with E-state index in [1.807, 2.05) is 24.3 Å². The number of aromatic hydroxyl groups is 1. The molecule has 0 saturated carbocycles. The zero-order chi connectivity index (χ0) is 16.1. The summed E-state index contributed by atoms with van der Waals surface area (Å²) in [6, 6.07) is 14.2. The number of aromatic nitrogens is 2. The molecule has 1 amide bonds. The minimum atomic E-state index is -0.0714. The van der Waals surface area contributed by atoms with Gasteiger partial charge in [-0.3, -0.25) is 4.79 Å². The molecule has 23 heavy (non-hydrogen) atoms. The van der Waals surface area contributed by atoms with Crippen molar-refractivity contribution in [3.05, 3.63) is 66.1 Å². The summed E-state index contributed by atoms with van der Waals surface area (Å²) in [6.45, 7) is 0.448. The largest absolute Gasteiger partial charge is 0.508 e. The van der Waals surface area contributed by atoms with Crippen molar-refractivity contribution in [3.63, 3.8) is 0 Å². The third-order valence-electron chi connectivity index (χ3n) is 3.36. The molecule has 0 atom stereocenters. The quantitative estimate of drug-likeness (QED) is 0.755. The van der Waals surface area contributed by atoms with Crippen LogP contribution in [-0.2, 0) is 17.8 Å². The van der Waals surface area contributed by atoms with Crippen molar-refractivity contribution in [1.29, 1.82) is 0 Å². The van der Waals surface area contributed by atoms with E-state index in [4.69, 9.17) is 4.52 Å². The molecule has 0 aliphatic heterocycles. The smallest absolute Gasteiger partial charge is 0.224 e. The molecular formula is C17H15N3O3. The average molecular weight is 309 g/mol. The summed E-state index contributed by atoms with van der Waals surface area (Å²) in [7, 11) is 0. The molecule has 3 rings (SSSR count). The Kier molecular flexibility index (Phi) is 4.33. The maximum atomic E-state index is 11.9. The molecule has 0 radical (unpaired) electrons. The van der Waals surface area contributed by atoms with Crippen LogP contribution in [0, 0.1) is 0 Å². The van der Waals surface area contributed by atoms with E-state index >= 15 is 0 Å². The third-order valence-corrected chi connectivity index (χ3v) is 3.36. The van der Waals surface area contributed by atoms with Gasteiger partial charge >= 0.3 is 0 Å². The highest BCUT2D eigenvalue weighted by atomic mass is 16.5. The molecule has 2 aromatic carbocycles. The number of hydrogen-bond donors (Lipinski definition) is 2. The van der Waals surface area contributed by atoms with Gasteiger partial charge in [-0.2, -0.15) is 4.98 Å². The second kappa shape index (κ2) is 6.74. The van der Waals surface area contributed by atoms with Crippen LogP contribution in [0.5, 0.6) is 5.75 Å². The van der Waals surface area contributed by atoms with Crippen molar-refractivity contribution < 1.29 is 14.4 Å². The number of phenolic OH excluding ortho intramolecular Hbond substituents is 1. The number of carbonyl (C=O) groups is 1. The first kappa shape index (κ1) is 14.8. The van der Waals surface area contributed by atoms with Gasteiger partial charge in [-0.25, -0.2) is 0 Å². The predicted molar refractivity (Wildman–Crippen MR) is 83.4 cm³/mol. The van der Waals surface area contributed by atoms with Gasteiger partial charge in [-0.1, -0.05) is 41.6 Å². The zero-order valence-electron chi connectivity index (χ0n) is 12.3. The summed E-state index contributed by atoms with van der Waals surface area (Å²) in [5, 5.41) is 15.9. The molecule has 0 fully saturated rings. The summed E-state index contributed by atoms with van der Waals surface area (Å²) >= 11 is 0. The molecule has 116 valence electrons. The van der Waals surface area contributed by atoms with Gasteiger partial charge in [0, 0.05) is 12.1 Å². The number of rotatable bonds is 5. The van der Waals surface area contributed by atoms with Gasteiger partial charge in [0.15, 0.2) is 0 Å². The van der Waals surface area contributed by atoms with Crippen molar-refractivity contribution in [3.8, 4) is 17.1 Å². The Bertz CT molecular complexity index is 766. The molecule has 2 N–H and O–H groups in total. The lowest BCUT2D eigenvalue weighted by Gasteiger charge is -2.06. The average Bonchev–Trinajstić information content (AvgIpc) is 3.10. The molecule has 0 aliphatic rings. The first-order valence-electron chi connectivity index (χ1n) is 7.11. The van der Waals surface area contributed by atoms with E-state index in [2.05, 4.69) is 15.5 Å². The molecule has 0 aliphatic carbocycles. The molecular weight excluding hydrogens is 294 g/mol. The van der Waals surface area contributed by atoms with E-state index in [9.17, 15) is 9.90 Å². The van der Waals surface area contributed by atoms with Crippen molar-refractivity contribution in [1.82, 2.24) is 15.5 Å². The van der Waals surface area contributed by atoms with Crippen LogP contribution >= 0.6 is 0 Å². The molecule has 1 heterocycles. The van der Waals surface area contributed by atoms with Crippen LogP contribution in [0.2, 0.25) is 0 Å². The Morgan fingerprint density at radius 3 is 2.39 bits per heavy atom. The highest BCUT2D eigenvalue weighted by Gasteiger charge is 2.05. The highest BCUT2D eigenvalue weighted by molar-refractivity contribution is 5.78. The second-order valence-electron chi connectivity index (χ2n) is 5.07. The van der Waals surface area contributed by atoms with Crippen LogP contribution in [0.15, 0.2) is 59.4 Å². The minimum Gasteiger partial charge on any atom is -0.508 e. The van der Waals surface area contributed by atoms with E-state index in [0.717, 1.165) is 16.7 Å². The van der Waals surface area contributed by atoms with Crippen LogP contribution in [0.25, 0.3) is 11.4 Å². The van der Waals surface area contributed by atoms with Crippen LogP contribution in [0.3, 0.4) is 0 Å². The van der Waals surface area contributed by atoms with Crippen molar-refractivity contribution in [2.75, 3.05) is 0 Å². The molecule has 6 nitrogen and oxygen atoms in total. The second-order valence-corrected chi connectivity index (χ2v) is 5.07. The predicted octanol–water partition coefficient (Wildman–Crippen LogP) is 2.30. The molecule has 0 saturated heterocycles. The van der Waals surface area contributed by atoms with Crippen molar-refractivity contribution in [2.45, 2.75) is 13.0 Å². The van der Waals surface area contributed by atoms with E-state index in [1.54, 1.807) is 24.3 Å². The number of phenols is 1. The van der Waals surface area contributed by atoms with E-state index < -0.39 is 0 Å². The Balaban J connectivity index is 1.53. The monoisotopic (exact) mass is 309 g/mol. The maximum Gasteiger partial charge on any atom is 0.224 e. The van der Waals surface area contributed by atoms with Gasteiger partial charge in [0.25, 0.3) is 0 Å². The molecule has 0 unspecified atom stereocenters. The lowest BCUT2D eigenvalue weighted by molar-refractivity contribution is -0.120. The topological polar surface area (TPSA) is 88.2 Å². The zero-order valence-corrected chi connectivity index (χ0v) is 12.3. The van der Waals surface area contributed by atoms with Gasteiger partial charge in [0.05, 0.1) is 6.42 Å².